The topological polar surface area (TPSA) is 55.3 Å². The SMILES string of the molecule is Clc1cccc(Cl)c1N1CCN=C1NCC=CCNC1=NCCN1c1c(Cl)cccc1Cl. The van der Waals surface area contributed by atoms with Crippen molar-refractivity contribution in [3.8, 4) is 0 Å². The molecule has 10 heteroatoms. The summed E-state index contributed by atoms with van der Waals surface area (Å²) in [7, 11) is 0. The highest BCUT2D eigenvalue weighted by Gasteiger charge is 2.23. The molecule has 0 atom stereocenters. The molecule has 0 amide bonds. The number of para-hydroxylation sites is 2. The largest absolute Gasteiger partial charge is 0.352 e. The molecular formula is C22H22Cl4N6. The molecule has 2 aromatic carbocycles. The van der Waals surface area contributed by atoms with Gasteiger partial charge in [-0.15, -0.1) is 0 Å². The van der Waals surface area contributed by atoms with Gasteiger partial charge in [0.05, 0.1) is 44.6 Å². The van der Waals surface area contributed by atoms with Crippen molar-refractivity contribution in [2.45, 2.75) is 0 Å². The van der Waals surface area contributed by atoms with Crippen molar-refractivity contribution in [3.05, 3.63) is 68.6 Å². The van der Waals surface area contributed by atoms with Crippen LogP contribution in [-0.4, -0.2) is 51.2 Å². The van der Waals surface area contributed by atoms with Crippen LogP contribution in [0.25, 0.3) is 0 Å². The first-order valence-corrected chi connectivity index (χ1v) is 11.7. The molecule has 2 aliphatic heterocycles. The lowest BCUT2D eigenvalue weighted by Crippen LogP contribution is -2.39. The Morgan fingerprint density at radius 3 is 1.44 bits per heavy atom. The molecule has 0 aliphatic carbocycles. The number of anilines is 2. The second-order valence-electron chi connectivity index (χ2n) is 7.09. The van der Waals surface area contributed by atoms with E-state index >= 15 is 0 Å². The van der Waals surface area contributed by atoms with E-state index in [0.717, 1.165) is 36.4 Å². The van der Waals surface area contributed by atoms with E-state index < -0.39 is 0 Å². The van der Waals surface area contributed by atoms with E-state index in [0.29, 0.717) is 46.3 Å². The summed E-state index contributed by atoms with van der Waals surface area (Å²) >= 11 is 25.4. The highest BCUT2D eigenvalue weighted by atomic mass is 35.5. The first-order valence-electron chi connectivity index (χ1n) is 10.2. The molecule has 2 N–H and O–H groups in total. The minimum Gasteiger partial charge on any atom is -0.352 e. The van der Waals surface area contributed by atoms with Crippen LogP contribution in [-0.2, 0) is 0 Å². The fourth-order valence-electron chi connectivity index (χ4n) is 3.59. The predicted octanol–water partition coefficient (Wildman–Crippen LogP) is 5.09. The lowest BCUT2D eigenvalue weighted by Gasteiger charge is -2.23. The maximum atomic E-state index is 6.35. The van der Waals surface area contributed by atoms with Gasteiger partial charge in [0, 0.05) is 26.2 Å². The standard InChI is InChI=1S/C22H22Cl4N6/c23-15-5-3-6-16(24)19(15)31-13-11-29-21(31)27-9-1-2-10-28-22-30-12-14-32(22)20-17(25)7-4-8-18(20)26/h1-8H,9-14H2,(H,27,29)(H,28,30). The average Bonchev–Trinajstić information content (AvgIpc) is 3.40. The van der Waals surface area contributed by atoms with Crippen molar-refractivity contribution in [1.29, 1.82) is 0 Å². The maximum Gasteiger partial charge on any atom is 0.198 e. The van der Waals surface area contributed by atoms with Crippen molar-refractivity contribution in [1.82, 2.24) is 10.6 Å². The third-order valence-electron chi connectivity index (χ3n) is 5.02. The average molecular weight is 512 g/mol. The van der Waals surface area contributed by atoms with Gasteiger partial charge in [-0.1, -0.05) is 70.7 Å². The second kappa shape index (κ2) is 10.7. The van der Waals surface area contributed by atoms with Crippen LogP contribution in [0.4, 0.5) is 11.4 Å². The highest BCUT2D eigenvalue weighted by molar-refractivity contribution is 6.40. The zero-order chi connectivity index (χ0) is 22.5. The lowest BCUT2D eigenvalue weighted by atomic mass is 10.3. The van der Waals surface area contributed by atoms with Gasteiger partial charge in [-0.25, -0.2) is 0 Å². The van der Waals surface area contributed by atoms with Crippen LogP contribution in [0.3, 0.4) is 0 Å². The minimum absolute atomic E-state index is 0.606. The van der Waals surface area contributed by atoms with Crippen molar-refractivity contribution in [2.24, 2.45) is 9.98 Å². The van der Waals surface area contributed by atoms with Gasteiger partial charge in [-0.2, -0.15) is 0 Å². The van der Waals surface area contributed by atoms with E-state index in [1.165, 1.54) is 0 Å². The van der Waals surface area contributed by atoms with Gasteiger partial charge in [0.25, 0.3) is 0 Å². The summed E-state index contributed by atoms with van der Waals surface area (Å²) in [6.07, 6.45) is 4.06. The van der Waals surface area contributed by atoms with Crippen molar-refractivity contribution in [3.63, 3.8) is 0 Å². The number of aliphatic imine (C=N–C) groups is 2. The smallest absolute Gasteiger partial charge is 0.198 e. The summed E-state index contributed by atoms with van der Waals surface area (Å²) in [4.78, 5) is 13.1. The number of hydrogen-bond acceptors (Lipinski definition) is 6. The van der Waals surface area contributed by atoms with E-state index in [1.54, 1.807) is 0 Å². The van der Waals surface area contributed by atoms with Crippen LogP contribution in [0.1, 0.15) is 0 Å². The fourth-order valence-corrected chi connectivity index (χ4v) is 4.80. The van der Waals surface area contributed by atoms with Crippen LogP contribution in [0.5, 0.6) is 0 Å². The van der Waals surface area contributed by atoms with Crippen LogP contribution in [0, 0.1) is 0 Å². The number of guanidine groups is 2. The molecule has 0 unspecified atom stereocenters. The van der Waals surface area contributed by atoms with Gasteiger partial charge in [-0.3, -0.25) is 9.98 Å². The van der Waals surface area contributed by atoms with E-state index in [1.807, 2.05) is 58.4 Å². The zero-order valence-electron chi connectivity index (χ0n) is 17.2. The Balaban J connectivity index is 1.28. The maximum absolute atomic E-state index is 6.35. The molecular weight excluding hydrogens is 490 g/mol. The summed E-state index contributed by atoms with van der Waals surface area (Å²) < 4.78 is 0. The van der Waals surface area contributed by atoms with E-state index in [9.17, 15) is 0 Å². The summed E-state index contributed by atoms with van der Waals surface area (Å²) in [5, 5.41) is 9.09. The second-order valence-corrected chi connectivity index (χ2v) is 8.72. The van der Waals surface area contributed by atoms with Crippen molar-refractivity contribution < 1.29 is 0 Å². The molecule has 2 aromatic rings. The van der Waals surface area contributed by atoms with Gasteiger partial charge in [0.1, 0.15) is 0 Å². The van der Waals surface area contributed by atoms with Gasteiger partial charge < -0.3 is 20.4 Å². The van der Waals surface area contributed by atoms with Crippen LogP contribution in [0.15, 0.2) is 58.5 Å². The lowest BCUT2D eigenvalue weighted by molar-refractivity contribution is 0.965. The van der Waals surface area contributed by atoms with Crippen LogP contribution in [0.2, 0.25) is 20.1 Å². The number of benzene rings is 2. The quantitative estimate of drug-likeness (QED) is 0.530. The molecule has 4 rings (SSSR count). The molecule has 2 heterocycles. The van der Waals surface area contributed by atoms with Gasteiger partial charge in [-0.05, 0) is 24.3 Å². The Bertz CT molecular complexity index is 944. The minimum atomic E-state index is 0.606. The molecule has 0 saturated heterocycles. The normalized spacial score (nSPS) is 16.0. The van der Waals surface area contributed by atoms with Gasteiger partial charge in [0.2, 0.25) is 0 Å². The van der Waals surface area contributed by atoms with E-state index in [4.69, 9.17) is 46.4 Å². The van der Waals surface area contributed by atoms with Crippen LogP contribution < -0.4 is 20.4 Å². The molecule has 0 fully saturated rings. The zero-order valence-corrected chi connectivity index (χ0v) is 20.2. The Morgan fingerprint density at radius 1 is 0.688 bits per heavy atom. The third-order valence-corrected chi connectivity index (χ3v) is 6.24. The molecule has 6 nitrogen and oxygen atoms in total. The molecule has 0 spiro atoms. The molecule has 0 aromatic heterocycles. The summed E-state index contributed by atoms with van der Waals surface area (Å²) in [5.41, 5.74) is 1.56. The number of nitrogens with zero attached hydrogens (tertiary/aromatic N) is 4. The Hall–Kier alpha value is -2.12. The van der Waals surface area contributed by atoms with Crippen molar-refractivity contribution >= 4 is 69.7 Å². The predicted molar refractivity (Wildman–Crippen MR) is 137 cm³/mol. The molecule has 2 aliphatic rings. The summed E-state index contributed by atoms with van der Waals surface area (Å²) in [6, 6.07) is 11.0. The first kappa shape index (κ1) is 23.1. The van der Waals surface area contributed by atoms with E-state index in [-0.39, 0.29) is 0 Å². The van der Waals surface area contributed by atoms with Crippen molar-refractivity contribution in [2.75, 3.05) is 49.1 Å². The van der Waals surface area contributed by atoms with E-state index in [2.05, 4.69) is 20.6 Å². The summed E-state index contributed by atoms with van der Waals surface area (Å²) in [5.74, 6) is 1.52. The Morgan fingerprint density at radius 2 is 1.06 bits per heavy atom. The van der Waals surface area contributed by atoms with Gasteiger partial charge >= 0.3 is 0 Å². The molecule has 0 bridgehead atoms. The molecule has 168 valence electrons. The number of hydrogen-bond donors (Lipinski definition) is 2. The fraction of sp³-hybridized carbons (Fsp3) is 0.273. The number of halogens is 4. The molecule has 0 radical (unpaired) electrons. The third kappa shape index (κ3) is 5.09. The molecule has 0 saturated carbocycles. The number of rotatable bonds is 6. The molecule has 32 heavy (non-hydrogen) atoms. The highest BCUT2D eigenvalue weighted by Crippen LogP contribution is 2.35. The first-order chi connectivity index (χ1) is 15.6. The Kier molecular flexibility index (Phi) is 7.68. The Labute approximate surface area is 207 Å². The summed E-state index contributed by atoms with van der Waals surface area (Å²) in [6.45, 7) is 4.08. The van der Waals surface area contributed by atoms with Crippen LogP contribution >= 0.6 is 46.4 Å². The van der Waals surface area contributed by atoms with Gasteiger partial charge in [0.15, 0.2) is 11.9 Å². The monoisotopic (exact) mass is 510 g/mol. The number of nitrogens with one attached hydrogen (secondary N) is 2.